The number of piperidine rings is 1. The maximum Gasteiger partial charge on any atom is 0.317 e. The Morgan fingerprint density at radius 1 is 1.20 bits per heavy atom. The molecule has 0 aromatic carbocycles. The van der Waals surface area contributed by atoms with E-state index < -0.39 is 0 Å². The number of carbonyl (C=O) groups is 2. The van der Waals surface area contributed by atoms with Crippen molar-refractivity contribution in [2.24, 2.45) is 0 Å². The Labute approximate surface area is 120 Å². The van der Waals surface area contributed by atoms with Crippen LogP contribution in [0.1, 0.15) is 39.5 Å². The first-order chi connectivity index (χ1) is 9.56. The summed E-state index contributed by atoms with van der Waals surface area (Å²) in [6.45, 7) is 5.97. The van der Waals surface area contributed by atoms with Crippen molar-refractivity contribution in [1.29, 1.82) is 0 Å². The van der Waals surface area contributed by atoms with E-state index >= 15 is 0 Å². The molecule has 0 bridgehead atoms. The summed E-state index contributed by atoms with van der Waals surface area (Å²) in [4.78, 5) is 25.6. The van der Waals surface area contributed by atoms with Crippen LogP contribution in [-0.2, 0) is 9.53 Å². The topological polar surface area (TPSA) is 70.7 Å². The summed E-state index contributed by atoms with van der Waals surface area (Å²) in [5, 5.41) is 5.93. The smallest absolute Gasteiger partial charge is 0.317 e. The summed E-state index contributed by atoms with van der Waals surface area (Å²) in [5.41, 5.74) is 0. The molecule has 0 radical (unpaired) electrons. The second-order valence-corrected chi connectivity index (χ2v) is 5.88. The van der Waals surface area contributed by atoms with Crippen LogP contribution in [0.25, 0.3) is 0 Å². The third-order valence-electron chi connectivity index (χ3n) is 3.76. The highest BCUT2D eigenvalue weighted by Crippen LogP contribution is 2.15. The van der Waals surface area contributed by atoms with E-state index in [-0.39, 0.29) is 30.1 Å². The standard InChI is InChI=1S/C14H25N3O3/c1-10(2)15-14(19)17-7-5-11(6-8-17)16-13(18)12-4-3-9-20-12/h10-12H,3-9H2,1-2H3,(H,15,19)(H,16,18). The molecule has 3 amide bonds. The SMILES string of the molecule is CC(C)NC(=O)N1CCC(NC(=O)C2CCCO2)CC1. The van der Waals surface area contributed by atoms with Crippen molar-refractivity contribution < 1.29 is 14.3 Å². The second-order valence-electron chi connectivity index (χ2n) is 5.88. The van der Waals surface area contributed by atoms with Crippen molar-refractivity contribution in [1.82, 2.24) is 15.5 Å². The van der Waals surface area contributed by atoms with E-state index in [0.29, 0.717) is 19.7 Å². The third-order valence-corrected chi connectivity index (χ3v) is 3.76. The van der Waals surface area contributed by atoms with Crippen LogP contribution in [0.3, 0.4) is 0 Å². The molecule has 6 nitrogen and oxygen atoms in total. The molecule has 1 unspecified atom stereocenters. The molecule has 0 aromatic heterocycles. The normalized spacial score (nSPS) is 23.9. The van der Waals surface area contributed by atoms with E-state index in [1.807, 2.05) is 18.7 Å². The van der Waals surface area contributed by atoms with Gasteiger partial charge in [0.1, 0.15) is 6.10 Å². The lowest BCUT2D eigenvalue weighted by molar-refractivity contribution is -0.131. The van der Waals surface area contributed by atoms with Gasteiger partial charge in [0.2, 0.25) is 5.91 Å². The average molecular weight is 283 g/mol. The van der Waals surface area contributed by atoms with Crippen molar-refractivity contribution in [3.8, 4) is 0 Å². The van der Waals surface area contributed by atoms with Gasteiger partial charge >= 0.3 is 6.03 Å². The van der Waals surface area contributed by atoms with Crippen molar-refractivity contribution >= 4 is 11.9 Å². The molecule has 2 aliphatic heterocycles. The molecule has 0 spiro atoms. The van der Waals surface area contributed by atoms with Crippen molar-refractivity contribution in [2.75, 3.05) is 19.7 Å². The van der Waals surface area contributed by atoms with Gasteiger partial charge in [-0.3, -0.25) is 4.79 Å². The quantitative estimate of drug-likeness (QED) is 0.807. The van der Waals surface area contributed by atoms with Gasteiger partial charge in [0.15, 0.2) is 0 Å². The summed E-state index contributed by atoms with van der Waals surface area (Å²) in [6, 6.07) is 0.304. The molecule has 0 aliphatic carbocycles. The number of nitrogens with one attached hydrogen (secondary N) is 2. The number of likely N-dealkylation sites (tertiary alicyclic amines) is 1. The minimum absolute atomic E-state index is 0.00702. The fraction of sp³-hybridized carbons (Fsp3) is 0.857. The molecule has 2 rings (SSSR count). The van der Waals surface area contributed by atoms with Gasteiger partial charge in [-0.2, -0.15) is 0 Å². The van der Waals surface area contributed by atoms with Crippen LogP contribution in [0.4, 0.5) is 4.79 Å². The highest BCUT2D eigenvalue weighted by Gasteiger charge is 2.28. The van der Waals surface area contributed by atoms with Gasteiger partial charge in [-0.25, -0.2) is 4.79 Å². The number of nitrogens with zero attached hydrogens (tertiary/aromatic N) is 1. The van der Waals surface area contributed by atoms with Crippen LogP contribution in [0.2, 0.25) is 0 Å². The lowest BCUT2D eigenvalue weighted by Gasteiger charge is -2.33. The molecule has 0 saturated carbocycles. The van der Waals surface area contributed by atoms with E-state index in [4.69, 9.17) is 4.74 Å². The Balaban J connectivity index is 1.71. The maximum absolute atomic E-state index is 11.9. The molecule has 2 aliphatic rings. The molecule has 6 heteroatoms. The number of urea groups is 1. The zero-order chi connectivity index (χ0) is 14.5. The third kappa shape index (κ3) is 4.10. The molecule has 2 fully saturated rings. The molecule has 2 heterocycles. The number of hydrogen-bond acceptors (Lipinski definition) is 3. The predicted molar refractivity (Wildman–Crippen MR) is 75.4 cm³/mol. The van der Waals surface area contributed by atoms with E-state index in [0.717, 1.165) is 25.7 Å². The number of hydrogen-bond donors (Lipinski definition) is 2. The molecule has 114 valence electrons. The van der Waals surface area contributed by atoms with Gasteiger partial charge < -0.3 is 20.3 Å². The minimum atomic E-state index is -0.266. The van der Waals surface area contributed by atoms with Crippen molar-refractivity contribution in [3.05, 3.63) is 0 Å². The second kappa shape index (κ2) is 6.92. The van der Waals surface area contributed by atoms with E-state index in [1.54, 1.807) is 0 Å². The highest BCUT2D eigenvalue weighted by atomic mass is 16.5. The zero-order valence-corrected chi connectivity index (χ0v) is 12.4. The molecule has 20 heavy (non-hydrogen) atoms. The Morgan fingerprint density at radius 2 is 1.90 bits per heavy atom. The van der Waals surface area contributed by atoms with E-state index in [9.17, 15) is 9.59 Å². The lowest BCUT2D eigenvalue weighted by atomic mass is 10.0. The lowest BCUT2D eigenvalue weighted by Crippen LogP contribution is -2.51. The first-order valence-corrected chi connectivity index (χ1v) is 7.53. The molecule has 1 atom stereocenters. The largest absolute Gasteiger partial charge is 0.368 e. The van der Waals surface area contributed by atoms with Crippen LogP contribution in [0.5, 0.6) is 0 Å². The van der Waals surface area contributed by atoms with E-state index in [1.165, 1.54) is 0 Å². The summed E-state index contributed by atoms with van der Waals surface area (Å²) in [6.07, 6.45) is 3.14. The first kappa shape index (κ1) is 15.1. The van der Waals surface area contributed by atoms with E-state index in [2.05, 4.69) is 10.6 Å². The van der Waals surface area contributed by atoms with Gasteiger partial charge in [-0.15, -0.1) is 0 Å². The van der Waals surface area contributed by atoms with Crippen LogP contribution in [0, 0.1) is 0 Å². The highest BCUT2D eigenvalue weighted by molar-refractivity contribution is 5.81. The minimum Gasteiger partial charge on any atom is -0.368 e. The fourth-order valence-electron chi connectivity index (χ4n) is 2.64. The predicted octanol–water partition coefficient (Wildman–Crippen LogP) is 0.864. The monoisotopic (exact) mass is 283 g/mol. The fourth-order valence-corrected chi connectivity index (χ4v) is 2.64. The van der Waals surface area contributed by atoms with Crippen molar-refractivity contribution in [2.45, 2.75) is 57.7 Å². The van der Waals surface area contributed by atoms with Gasteiger partial charge in [0.05, 0.1) is 0 Å². The Hall–Kier alpha value is -1.30. The number of rotatable bonds is 3. The molecular weight excluding hydrogens is 258 g/mol. The van der Waals surface area contributed by atoms with Gasteiger partial charge in [0.25, 0.3) is 0 Å². The van der Waals surface area contributed by atoms with Gasteiger partial charge in [-0.05, 0) is 39.5 Å². The zero-order valence-electron chi connectivity index (χ0n) is 12.4. The average Bonchev–Trinajstić information content (AvgIpc) is 2.92. The van der Waals surface area contributed by atoms with Crippen molar-refractivity contribution in [3.63, 3.8) is 0 Å². The first-order valence-electron chi connectivity index (χ1n) is 7.53. The van der Waals surface area contributed by atoms with Gasteiger partial charge in [0, 0.05) is 31.8 Å². The summed E-state index contributed by atoms with van der Waals surface area (Å²) in [7, 11) is 0. The summed E-state index contributed by atoms with van der Waals surface area (Å²) < 4.78 is 5.37. The Kier molecular flexibility index (Phi) is 5.23. The molecule has 2 saturated heterocycles. The number of ether oxygens (including phenoxy) is 1. The maximum atomic E-state index is 11.9. The Bertz CT molecular complexity index is 346. The molecular formula is C14H25N3O3. The van der Waals surface area contributed by atoms with Crippen LogP contribution in [-0.4, -0.2) is 54.7 Å². The van der Waals surface area contributed by atoms with Crippen LogP contribution in [0.15, 0.2) is 0 Å². The Morgan fingerprint density at radius 3 is 2.45 bits per heavy atom. The van der Waals surface area contributed by atoms with Crippen LogP contribution < -0.4 is 10.6 Å². The van der Waals surface area contributed by atoms with Gasteiger partial charge in [-0.1, -0.05) is 0 Å². The summed E-state index contributed by atoms with van der Waals surface area (Å²) >= 11 is 0. The summed E-state index contributed by atoms with van der Waals surface area (Å²) in [5.74, 6) is 0.00702. The number of amides is 3. The van der Waals surface area contributed by atoms with Crippen LogP contribution >= 0.6 is 0 Å². The molecule has 2 N–H and O–H groups in total. The number of carbonyl (C=O) groups excluding carboxylic acids is 2. The molecule has 0 aromatic rings.